The minimum absolute atomic E-state index is 0.310. The summed E-state index contributed by atoms with van der Waals surface area (Å²) in [4.78, 5) is 1.60. The lowest BCUT2D eigenvalue weighted by atomic mass is 9.90. The van der Waals surface area contributed by atoms with Crippen molar-refractivity contribution in [3.8, 4) is 33.4 Å². The highest BCUT2D eigenvalue weighted by atomic mass is 19.1. The normalized spacial score (nSPS) is 11.0. The zero-order valence-corrected chi connectivity index (χ0v) is 20.9. The molecule has 0 spiro atoms. The summed E-state index contributed by atoms with van der Waals surface area (Å²) in [5, 5.41) is 2.35. The molecule has 6 aromatic rings. The van der Waals surface area contributed by atoms with Gasteiger partial charge in [0.05, 0.1) is 11.4 Å². The number of benzene rings is 6. The number of nitrogens with zero attached hydrogens (tertiary/aromatic N) is 1. The lowest BCUT2D eigenvalue weighted by Gasteiger charge is -2.26. The van der Waals surface area contributed by atoms with Gasteiger partial charge in [0, 0.05) is 12.6 Å². The second-order valence-corrected chi connectivity index (χ2v) is 9.30. The third-order valence-corrected chi connectivity index (χ3v) is 7.01. The van der Waals surface area contributed by atoms with Gasteiger partial charge in [-0.15, -0.1) is 0 Å². The fourth-order valence-electron chi connectivity index (χ4n) is 5.21. The van der Waals surface area contributed by atoms with Crippen molar-refractivity contribution in [2.45, 2.75) is 0 Å². The highest BCUT2D eigenvalue weighted by molar-refractivity contribution is 5.99. The fourth-order valence-corrected chi connectivity index (χ4v) is 5.21. The minimum atomic E-state index is -0.413. The monoisotopic (exact) mass is 497 g/mol. The van der Waals surface area contributed by atoms with Gasteiger partial charge in [0.2, 0.25) is 0 Å². The Hall–Kier alpha value is -4.76. The van der Waals surface area contributed by atoms with Crippen molar-refractivity contribution in [3.05, 3.63) is 145 Å². The average Bonchev–Trinajstić information content (AvgIpc) is 2.97. The molecule has 0 aromatic heterocycles. The Labute approximate surface area is 221 Å². The Kier molecular flexibility index (Phi) is 6.19. The molecule has 184 valence electrons. The van der Waals surface area contributed by atoms with E-state index in [4.69, 9.17) is 0 Å². The highest BCUT2D eigenvalue weighted by Crippen LogP contribution is 2.44. The van der Waals surface area contributed by atoms with Gasteiger partial charge < -0.3 is 4.90 Å². The third kappa shape index (κ3) is 4.22. The largest absolute Gasteiger partial charge is 0.339 e. The number of para-hydroxylation sites is 1. The summed E-state index contributed by atoms with van der Waals surface area (Å²) in [6, 6.07) is 42.4. The highest BCUT2D eigenvalue weighted by Gasteiger charge is 2.22. The molecule has 6 aromatic carbocycles. The summed E-state index contributed by atoms with van der Waals surface area (Å²) in [5.41, 5.74) is 6.25. The second-order valence-electron chi connectivity index (χ2n) is 9.30. The molecule has 0 bridgehead atoms. The number of halogens is 2. The van der Waals surface area contributed by atoms with Crippen LogP contribution >= 0.6 is 0 Å². The second kappa shape index (κ2) is 9.95. The summed E-state index contributed by atoms with van der Waals surface area (Å²) in [6.45, 7) is 0. The molecular formula is C35H25F2N. The van der Waals surface area contributed by atoms with Crippen molar-refractivity contribution in [2.24, 2.45) is 0 Å². The van der Waals surface area contributed by atoms with Crippen LogP contribution in [0.25, 0.3) is 44.2 Å². The van der Waals surface area contributed by atoms with Crippen LogP contribution in [0.4, 0.5) is 20.2 Å². The maximum Gasteiger partial charge on any atom is 0.147 e. The molecule has 1 nitrogen and oxygen atoms in total. The Morgan fingerprint density at radius 2 is 1.13 bits per heavy atom. The van der Waals surface area contributed by atoms with Gasteiger partial charge in [-0.1, -0.05) is 109 Å². The average molecular weight is 498 g/mol. The van der Waals surface area contributed by atoms with Crippen LogP contribution in [0.2, 0.25) is 0 Å². The van der Waals surface area contributed by atoms with Crippen LogP contribution in [0.3, 0.4) is 0 Å². The van der Waals surface area contributed by atoms with Crippen LogP contribution < -0.4 is 4.90 Å². The molecular weight excluding hydrogens is 472 g/mol. The first-order valence-electron chi connectivity index (χ1n) is 12.6. The molecule has 0 radical (unpaired) electrons. The molecule has 0 fully saturated rings. The number of anilines is 2. The number of hydrogen-bond acceptors (Lipinski definition) is 1. The molecule has 0 unspecified atom stereocenters. The molecule has 0 saturated carbocycles. The van der Waals surface area contributed by atoms with Crippen molar-refractivity contribution in [1.82, 2.24) is 0 Å². The van der Waals surface area contributed by atoms with Crippen LogP contribution in [0.1, 0.15) is 0 Å². The summed E-state index contributed by atoms with van der Waals surface area (Å²) in [6.07, 6.45) is 0. The van der Waals surface area contributed by atoms with Crippen molar-refractivity contribution in [2.75, 3.05) is 11.9 Å². The van der Waals surface area contributed by atoms with E-state index >= 15 is 4.39 Å². The van der Waals surface area contributed by atoms with E-state index in [0.717, 1.165) is 27.8 Å². The molecule has 0 atom stereocenters. The molecule has 0 heterocycles. The smallest absolute Gasteiger partial charge is 0.147 e. The van der Waals surface area contributed by atoms with Gasteiger partial charge in [0.15, 0.2) is 0 Å². The lowest BCUT2D eigenvalue weighted by Crippen LogP contribution is -2.14. The van der Waals surface area contributed by atoms with Crippen LogP contribution in [-0.2, 0) is 0 Å². The fraction of sp³-hybridized carbons (Fsp3) is 0.0286. The molecule has 0 amide bonds. The summed E-state index contributed by atoms with van der Waals surface area (Å²) >= 11 is 0. The van der Waals surface area contributed by atoms with Gasteiger partial charge >= 0.3 is 0 Å². The predicted octanol–water partition coefficient (Wildman–Crippen LogP) is 9.89. The predicted molar refractivity (Wildman–Crippen MR) is 155 cm³/mol. The zero-order valence-electron chi connectivity index (χ0n) is 20.9. The maximum absolute atomic E-state index is 15.7. The van der Waals surface area contributed by atoms with Crippen molar-refractivity contribution in [3.63, 3.8) is 0 Å². The molecule has 38 heavy (non-hydrogen) atoms. The van der Waals surface area contributed by atoms with Gasteiger partial charge in [-0.05, 0) is 62.9 Å². The van der Waals surface area contributed by atoms with E-state index in [1.54, 1.807) is 30.1 Å². The summed E-state index contributed by atoms with van der Waals surface area (Å²) in [7, 11) is 1.71. The molecule has 0 N–H and O–H groups in total. The quantitative estimate of drug-likeness (QED) is 0.229. The topological polar surface area (TPSA) is 3.24 Å². The summed E-state index contributed by atoms with van der Waals surface area (Å²) in [5.74, 6) is -0.819. The first-order chi connectivity index (χ1) is 18.6. The summed E-state index contributed by atoms with van der Waals surface area (Å²) < 4.78 is 30.5. The van der Waals surface area contributed by atoms with Crippen LogP contribution in [0, 0.1) is 11.6 Å². The Morgan fingerprint density at radius 1 is 0.500 bits per heavy atom. The minimum Gasteiger partial charge on any atom is -0.339 e. The van der Waals surface area contributed by atoms with E-state index in [-0.39, 0.29) is 0 Å². The molecule has 0 aliphatic heterocycles. The van der Waals surface area contributed by atoms with Gasteiger partial charge in [-0.2, -0.15) is 0 Å². The van der Waals surface area contributed by atoms with Crippen LogP contribution in [-0.4, -0.2) is 7.05 Å². The van der Waals surface area contributed by atoms with E-state index in [2.05, 4.69) is 42.5 Å². The number of hydrogen-bond donors (Lipinski definition) is 0. The number of fused-ring (bicyclic) bond motifs is 1. The zero-order chi connectivity index (χ0) is 26.1. The lowest BCUT2D eigenvalue weighted by molar-refractivity contribution is 0.618. The Bertz CT molecular complexity index is 1750. The number of rotatable bonds is 5. The van der Waals surface area contributed by atoms with Gasteiger partial charge in [-0.25, -0.2) is 8.78 Å². The molecule has 3 heteroatoms. The Balaban J connectivity index is 1.58. The molecule has 0 aliphatic rings. The van der Waals surface area contributed by atoms with Crippen LogP contribution in [0.15, 0.2) is 133 Å². The SMILES string of the molecule is CN(c1ccccc1F)c1c(F)ccc(-c2cccc(-c3cccc4ccccc34)c2)c1-c1ccccc1. The van der Waals surface area contributed by atoms with Crippen molar-refractivity contribution in [1.29, 1.82) is 0 Å². The van der Waals surface area contributed by atoms with Crippen molar-refractivity contribution >= 4 is 22.1 Å². The van der Waals surface area contributed by atoms with Crippen LogP contribution in [0.5, 0.6) is 0 Å². The standard InChI is InChI=1S/C35H25F2N/c1-38(33-20-8-7-19-31(33)36)35-32(37)22-21-30(34(35)25-12-3-2-4-13-25)27-16-9-15-26(23-27)29-18-10-14-24-11-5-6-17-28(24)29/h2-23H,1H3. The molecule has 0 aliphatic carbocycles. The maximum atomic E-state index is 15.7. The first-order valence-corrected chi connectivity index (χ1v) is 12.6. The van der Waals surface area contributed by atoms with E-state index < -0.39 is 11.6 Å². The van der Waals surface area contributed by atoms with E-state index in [9.17, 15) is 4.39 Å². The van der Waals surface area contributed by atoms with Crippen molar-refractivity contribution < 1.29 is 8.78 Å². The Morgan fingerprint density at radius 3 is 1.95 bits per heavy atom. The van der Waals surface area contributed by atoms with E-state index in [0.29, 0.717) is 16.9 Å². The molecule has 6 rings (SSSR count). The van der Waals surface area contributed by atoms with E-state index in [1.807, 2.05) is 60.7 Å². The van der Waals surface area contributed by atoms with E-state index in [1.165, 1.54) is 22.9 Å². The molecule has 0 saturated heterocycles. The van der Waals surface area contributed by atoms with Gasteiger partial charge in [-0.3, -0.25) is 0 Å². The van der Waals surface area contributed by atoms with Gasteiger partial charge in [0.25, 0.3) is 0 Å². The van der Waals surface area contributed by atoms with Gasteiger partial charge in [0.1, 0.15) is 11.6 Å². The first kappa shape index (κ1) is 23.6. The third-order valence-electron chi connectivity index (χ3n) is 7.01.